The van der Waals surface area contributed by atoms with E-state index in [1.165, 1.54) is 6.07 Å². The van der Waals surface area contributed by atoms with Crippen molar-refractivity contribution in [2.75, 3.05) is 0 Å². The van der Waals surface area contributed by atoms with Gasteiger partial charge in [0.15, 0.2) is 0 Å². The van der Waals surface area contributed by atoms with Gasteiger partial charge in [0.25, 0.3) is 5.69 Å². The van der Waals surface area contributed by atoms with Crippen LogP contribution in [0.3, 0.4) is 0 Å². The fraction of sp³-hybridized carbons (Fsp3) is 0.455. The van der Waals surface area contributed by atoms with Crippen molar-refractivity contribution in [2.24, 2.45) is 11.7 Å². The van der Waals surface area contributed by atoms with Gasteiger partial charge in [-0.2, -0.15) is 0 Å². The lowest BCUT2D eigenvalue weighted by Gasteiger charge is -2.15. The molecule has 0 saturated carbocycles. The summed E-state index contributed by atoms with van der Waals surface area (Å²) >= 11 is 3.31. The van der Waals surface area contributed by atoms with Crippen LogP contribution in [-0.2, 0) is 6.42 Å². The van der Waals surface area contributed by atoms with Crippen molar-refractivity contribution in [3.63, 3.8) is 0 Å². The van der Waals surface area contributed by atoms with Crippen LogP contribution in [0.15, 0.2) is 22.7 Å². The van der Waals surface area contributed by atoms with Gasteiger partial charge < -0.3 is 5.73 Å². The van der Waals surface area contributed by atoms with E-state index in [1.807, 2.05) is 13.8 Å². The van der Waals surface area contributed by atoms with Crippen LogP contribution < -0.4 is 5.73 Å². The highest BCUT2D eigenvalue weighted by molar-refractivity contribution is 9.10. The minimum atomic E-state index is -0.366. The van der Waals surface area contributed by atoms with E-state index in [2.05, 4.69) is 15.9 Å². The Labute approximate surface area is 103 Å². The van der Waals surface area contributed by atoms with Crippen molar-refractivity contribution in [3.8, 4) is 0 Å². The van der Waals surface area contributed by atoms with Crippen molar-refractivity contribution in [1.82, 2.24) is 0 Å². The Morgan fingerprint density at radius 2 is 2.12 bits per heavy atom. The Morgan fingerprint density at radius 1 is 1.50 bits per heavy atom. The summed E-state index contributed by atoms with van der Waals surface area (Å²) in [6, 6.07) is 4.88. The van der Waals surface area contributed by atoms with E-state index in [0.29, 0.717) is 17.9 Å². The smallest absolute Gasteiger partial charge is 0.272 e. The molecule has 0 saturated heterocycles. The molecule has 0 spiro atoms. The van der Waals surface area contributed by atoms with E-state index < -0.39 is 0 Å². The summed E-state index contributed by atoms with van der Waals surface area (Å²) in [6.45, 7) is 4.02. The summed E-state index contributed by atoms with van der Waals surface area (Å²) in [5.41, 5.74) is 6.75. The molecule has 0 amide bonds. The van der Waals surface area contributed by atoms with E-state index in [4.69, 9.17) is 5.73 Å². The number of hydrogen-bond donors (Lipinski definition) is 1. The lowest BCUT2D eigenvalue weighted by atomic mass is 9.96. The van der Waals surface area contributed by atoms with Crippen molar-refractivity contribution in [3.05, 3.63) is 38.3 Å². The quantitative estimate of drug-likeness (QED) is 0.683. The number of nitrogens with zero attached hydrogens (tertiary/aromatic N) is 1. The fourth-order valence-electron chi connectivity index (χ4n) is 1.39. The van der Waals surface area contributed by atoms with Crippen molar-refractivity contribution >= 4 is 21.6 Å². The third-order valence-electron chi connectivity index (χ3n) is 2.55. The Morgan fingerprint density at radius 3 is 2.62 bits per heavy atom. The van der Waals surface area contributed by atoms with Crippen LogP contribution in [-0.4, -0.2) is 11.0 Å². The summed E-state index contributed by atoms with van der Waals surface area (Å²) in [4.78, 5) is 10.5. The number of hydrogen-bond acceptors (Lipinski definition) is 3. The first kappa shape index (κ1) is 13.1. The molecule has 0 heterocycles. The van der Waals surface area contributed by atoms with Crippen LogP contribution in [0.2, 0.25) is 0 Å². The highest BCUT2D eigenvalue weighted by atomic mass is 79.9. The molecule has 1 unspecified atom stereocenters. The molecule has 0 radical (unpaired) electrons. The van der Waals surface area contributed by atoms with Crippen LogP contribution in [0.4, 0.5) is 5.69 Å². The molecule has 4 nitrogen and oxygen atoms in total. The second-order valence-corrected chi connectivity index (χ2v) is 5.06. The molecule has 88 valence electrons. The van der Waals surface area contributed by atoms with Crippen molar-refractivity contribution in [1.29, 1.82) is 0 Å². The first-order chi connectivity index (χ1) is 7.41. The minimum absolute atomic E-state index is 0.0620. The Bertz CT molecular complexity index is 394. The summed E-state index contributed by atoms with van der Waals surface area (Å²) in [5, 5.41) is 10.8. The van der Waals surface area contributed by atoms with Gasteiger partial charge in [0.1, 0.15) is 0 Å². The van der Waals surface area contributed by atoms with E-state index in [-0.39, 0.29) is 16.7 Å². The van der Waals surface area contributed by atoms with E-state index in [1.54, 1.807) is 12.1 Å². The van der Waals surface area contributed by atoms with Gasteiger partial charge in [0, 0.05) is 22.1 Å². The van der Waals surface area contributed by atoms with E-state index >= 15 is 0 Å². The Hall–Kier alpha value is -0.940. The molecule has 0 bridgehead atoms. The SMILES string of the molecule is CC(C)C(N)Cc1cc(Br)ccc1[N+](=O)[O-]. The van der Waals surface area contributed by atoms with E-state index in [9.17, 15) is 10.1 Å². The normalized spacial score (nSPS) is 12.8. The van der Waals surface area contributed by atoms with Crippen molar-refractivity contribution in [2.45, 2.75) is 26.3 Å². The predicted molar refractivity (Wildman–Crippen MR) is 67.3 cm³/mol. The molecule has 0 aromatic heterocycles. The number of halogens is 1. The monoisotopic (exact) mass is 286 g/mol. The Balaban J connectivity index is 3.01. The van der Waals surface area contributed by atoms with Gasteiger partial charge >= 0.3 is 0 Å². The standard InChI is InChI=1S/C11H15BrN2O2/c1-7(2)10(13)6-8-5-9(12)3-4-11(8)14(15)16/h3-5,7,10H,6,13H2,1-2H3. The van der Waals surface area contributed by atoms with Gasteiger partial charge in [-0.05, 0) is 24.5 Å². The molecule has 0 aliphatic heterocycles. The first-order valence-electron chi connectivity index (χ1n) is 5.10. The summed E-state index contributed by atoms with van der Waals surface area (Å²) in [7, 11) is 0. The number of rotatable bonds is 4. The van der Waals surface area contributed by atoms with Gasteiger partial charge in [-0.1, -0.05) is 29.8 Å². The molecule has 16 heavy (non-hydrogen) atoms. The third kappa shape index (κ3) is 3.28. The van der Waals surface area contributed by atoms with Crippen LogP contribution in [0.5, 0.6) is 0 Å². The average molecular weight is 287 g/mol. The number of benzene rings is 1. The maximum atomic E-state index is 10.8. The lowest BCUT2D eigenvalue weighted by Crippen LogP contribution is -2.29. The number of nitrogens with two attached hydrogens (primary N) is 1. The molecule has 1 atom stereocenters. The second-order valence-electron chi connectivity index (χ2n) is 4.14. The molecular weight excluding hydrogens is 272 g/mol. The molecule has 2 N–H and O–H groups in total. The molecule has 5 heteroatoms. The highest BCUT2D eigenvalue weighted by Crippen LogP contribution is 2.24. The molecule has 1 rings (SSSR count). The lowest BCUT2D eigenvalue weighted by molar-refractivity contribution is -0.385. The summed E-state index contributed by atoms with van der Waals surface area (Å²) in [6.07, 6.45) is 0.521. The average Bonchev–Trinajstić information content (AvgIpc) is 2.16. The fourth-order valence-corrected chi connectivity index (χ4v) is 1.79. The van der Waals surface area contributed by atoms with Crippen LogP contribution in [0.25, 0.3) is 0 Å². The highest BCUT2D eigenvalue weighted by Gasteiger charge is 2.17. The molecule has 0 aliphatic carbocycles. The topological polar surface area (TPSA) is 69.2 Å². The van der Waals surface area contributed by atoms with Crippen LogP contribution >= 0.6 is 15.9 Å². The van der Waals surface area contributed by atoms with Crippen molar-refractivity contribution < 1.29 is 4.92 Å². The summed E-state index contributed by atoms with van der Waals surface area (Å²) in [5.74, 6) is 0.304. The molecule has 1 aromatic rings. The predicted octanol–water partition coefficient (Wildman–Crippen LogP) is 2.88. The third-order valence-corrected chi connectivity index (χ3v) is 3.04. The van der Waals surface area contributed by atoms with Gasteiger partial charge in [-0.25, -0.2) is 0 Å². The zero-order chi connectivity index (χ0) is 12.3. The number of nitro benzene ring substituents is 1. The van der Waals surface area contributed by atoms with Gasteiger partial charge in [0.2, 0.25) is 0 Å². The largest absolute Gasteiger partial charge is 0.327 e. The molecule has 0 aliphatic rings. The molecule has 0 fully saturated rings. The zero-order valence-electron chi connectivity index (χ0n) is 9.31. The van der Waals surface area contributed by atoms with Gasteiger partial charge in [-0.3, -0.25) is 10.1 Å². The maximum absolute atomic E-state index is 10.8. The first-order valence-corrected chi connectivity index (χ1v) is 5.89. The maximum Gasteiger partial charge on any atom is 0.272 e. The second kappa shape index (κ2) is 5.41. The van der Waals surface area contributed by atoms with Crippen LogP contribution in [0, 0.1) is 16.0 Å². The van der Waals surface area contributed by atoms with Gasteiger partial charge in [0.05, 0.1) is 4.92 Å². The van der Waals surface area contributed by atoms with Gasteiger partial charge in [-0.15, -0.1) is 0 Å². The molecular formula is C11H15BrN2O2. The Kier molecular flexibility index (Phi) is 4.44. The summed E-state index contributed by atoms with van der Waals surface area (Å²) < 4.78 is 0.837. The van der Waals surface area contributed by atoms with Crippen LogP contribution in [0.1, 0.15) is 19.4 Å². The number of nitro groups is 1. The minimum Gasteiger partial charge on any atom is -0.327 e. The van der Waals surface area contributed by atoms with E-state index in [0.717, 1.165) is 4.47 Å². The zero-order valence-corrected chi connectivity index (χ0v) is 10.9. The molecule has 1 aromatic carbocycles.